The highest BCUT2D eigenvalue weighted by Crippen LogP contribution is 2.25. The maximum atomic E-state index is 12.4. The van der Waals surface area contributed by atoms with E-state index in [0.717, 1.165) is 32.3 Å². The molecule has 148 valence electrons. The van der Waals surface area contributed by atoms with E-state index in [1.54, 1.807) is 11.3 Å². The van der Waals surface area contributed by atoms with Crippen LogP contribution in [-0.4, -0.2) is 31.4 Å². The second kappa shape index (κ2) is 8.34. The Balaban J connectivity index is 1.41. The van der Waals surface area contributed by atoms with Gasteiger partial charge in [0.1, 0.15) is 10.8 Å². The van der Waals surface area contributed by atoms with E-state index in [2.05, 4.69) is 52.5 Å². The van der Waals surface area contributed by atoms with E-state index in [4.69, 9.17) is 0 Å². The van der Waals surface area contributed by atoms with Gasteiger partial charge in [0.25, 0.3) is 0 Å². The normalized spacial score (nSPS) is 11.1. The zero-order valence-corrected chi connectivity index (χ0v) is 18.1. The Morgan fingerprint density at radius 1 is 1.14 bits per heavy atom. The van der Waals surface area contributed by atoms with Crippen molar-refractivity contribution in [2.75, 3.05) is 5.75 Å². The van der Waals surface area contributed by atoms with E-state index in [1.165, 1.54) is 17.3 Å². The van der Waals surface area contributed by atoms with Crippen molar-refractivity contribution >= 4 is 39.2 Å². The first kappa shape index (κ1) is 19.6. The van der Waals surface area contributed by atoms with Gasteiger partial charge in [0.15, 0.2) is 5.16 Å². The predicted molar refractivity (Wildman–Crippen MR) is 118 cm³/mol. The molecule has 2 aromatic heterocycles. The van der Waals surface area contributed by atoms with Gasteiger partial charge in [-0.1, -0.05) is 36.0 Å². The van der Waals surface area contributed by atoms with Crippen molar-refractivity contribution < 1.29 is 4.79 Å². The number of rotatable bonds is 6. The molecule has 0 spiro atoms. The van der Waals surface area contributed by atoms with E-state index in [1.807, 2.05) is 35.8 Å². The topological polar surface area (TPSA) is 72.7 Å². The summed E-state index contributed by atoms with van der Waals surface area (Å²) in [6, 6.07) is 14.3. The monoisotopic (exact) mass is 423 g/mol. The molecule has 0 fully saturated rings. The fourth-order valence-electron chi connectivity index (χ4n) is 3.02. The number of thiazole rings is 1. The minimum absolute atomic E-state index is 0.0533. The number of benzene rings is 2. The molecule has 0 atom stereocenters. The average Bonchev–Trinajstić information content (AvgIpc) is 3.29. The number of para-hydroxylation sites is 1. The first-order valence-electron chi connectivity index (χ1n) is 9.25. The Morgan fingerprint density at radius 3 is 2.79 bits per heavy atom. The van der Waals surface area contributed by atoms with Gasteiger partial charge in [0, 0.05) is 0 Å². The second-order valence-electron chi connectivity index (χ2n) is 6.80. The molecule has 0 saturated carbocycles. The maximum absolute atomic E-state index is 12.4. The van der Waals surface area contributed by atoms with Gasteiger partial charge in [-0.2, -0.15) is 0 Å². The lowest BCUT2D eigenvalue weighted by molar-refractivity contribution is -0.118. The van der Waals surface area contributed by atoms with Gasteiger partial charge in [-0.05, 0) is 50.1 Å². The lowest BCUT2D eigenvalue weighted by atomic mass is 10.1. The number of nitrogens with zero attached hydrogens (tertiary/aromatic N) is 4. The van der Waals surface area contributed by atoms with Crippen molar-refractivity contribution in [3.05, 3.63) is 64.4 Å². The highest BCUT2D eigenvalue weighted by atomic mass is 32.2. The molecule has 4 aromatic rings. The first-order valence-corrected chi connectivity index (χ1v) is 11.0. The van der Waals surface area contributed by atoms with Crippen LogP contribution in [0, 0.1) is 20.8 Å². The fraction of sp³-hybridized carbons (Fsp3) is 0.238. The Hall–Kier alpha value is -2.71. The minimum atomic E-state index is -0.0533. The van der Waals surface area contributed by atoms with Crippen LogP contribution >= 0.6 is 23.1 Å². The molecule has 0 radical (unpaired) electrons. The van der Waals surface area contributed by atoms with Crippen LogP contribution in [-0.2, 0) is 11.3 Å². The molecule has 1 N–H and O–H groups in total. The van der Waals surface area contributed by atoms with E-state index in [-0.39, 0.29) is 11.7 Å². The van der Waals surface area contributed by atoms with E-state index >= 15 is 0 Å². The molecule has 0 saturated heterocycles. The molecule has 4 rings (SSSR count). The Labute approximate surface area is 177 Å². The molecule has 29 heavy (non-hydrogen) atoms. The van der Waals surface area contributed by atoms with Crippen LogP contribution in [0.4, 0.5) is 0 Å². The van der Waals surface area contributed by atoms with Gasteiger partial charge in [0.2, 0.25) is 5.91 Å². The summed E-state index contributed by atoms with van der Waals surface area (Å²) >= 11 is 2.99. The van der Waals surface area contributed by atoms with Crippen LogP contribution in [0.5, 0.6) is 0 Å². The number of carbonyl (C=O) groups is 1. The summed E-state index contributed by atoms with van der Waals surface area (Å²) in [6.45, 7) is 6.48. The summed E-state index contributed by atoms with van der Waals surface area (Å²) in [5.41, 5.74) is 4.32. The third kappa shape index (κ3) is 4.33. The van der Waals surface area contributed by atoms with Gasteiger partial charge in [0.05, 0.1) is 28.2 Å². The zero-order chi connectivity index (χ0) is 20.4. The Kier molecular flexibility index (Phi) is 5.64. The van der Waals surface area contributed by atoms with Crippen molar-refractivity contribution in [1.29, 1.82) is 0 Å². The number of aryl methyl sites for hydroxylation is 3. The molecule has 0 bridgehead atoms. The third-order valence-corrected chi connectivity index (χ3v) is 6.47. The standard InChI is InChI=1S/C21H21N5OS2/c1-13-8-9-14(2)17(10-13)26-15(3)24-25-21(26)28-12-19(27)22-11-20-23-16-6-4-5-7-18(16)29-20/h4-10H,11-12H2,1-3H3,(H,22,27). The molecule has 0 aliphatic heterocycles. The van der Waals surface area contributed by atoms with E-state index in [0.29, 0.717) is 11.7 Å². The number of fused-ring (bicyclic) bond motifs is 1. The summed E-state index contributed by atoms with van der Waals surface area (Å²) in [6.07, 6.45) is 0. The number of amides is 1. The van der Waals surface area contributed by atoms with Crippen molar-refractivity contribution in [1.82, 2.24) is 25.1 Å². The van der Waals surface area contributed by atoms with Crippen molar-refractivity contribution in [3.63, 3.8) is 0 Å². The molecule has 0 aliphatic rings. The zero-order valence-electron chi connectivity index (χ0n) is 16.5. The quantitative estimate of drug-likeness (QED) is 0.470. The van der Waals surface area contributed by atoms with Gasteiger partial charge >= 0.3 is 0 Å². The van der Waals surface area contributed by atoms with Gasteiger partial charge in [-0.15, -0.1) is 21.5 Å². The number of aromatic nitrogens is 4. The van der Waals surface area contributed by atoms with Crippen LogP contribution in [0.25, 0.3) is 15.9 Å². The van der Waals surface area contributed by atoms with Crippen LogP contribution < -0.4 is 5.32 Å². The largest absolute Gasteiger partial charge is 0.349 e. The smallest absolute Gasteiger partial charge is 0.230 e. The predicted octanol–water partition coefficient (Wildman–Crippen LogP) is 4.21. The Bertz CT molecular complexity index is 1150. The molecule has 6 nitrogen and oxygen atoms in total. The van der Waals surface area contributed by atoms with Crippen LogP contribution in [0.3, 0.4) is 0 Å². The Morgan fingerprint density at radius 2 is 1.97 bits per heavy atom. The van der Waals surface area contributed by atoms with Gasteiger partial charge in [-0.25, -0.2) is 4.98 Å². The lowest BCUT2D eigenvalue weighted by Crippen LogP contribution is -2.24. The molecular weight excluding hydrogens is 402 g/mol. The first-order chi connectivity index (χ1) is 14.0. The van der Waals surface area contributed by atoms with Gasteiger partial charge in [-0.3, -0.25) is 9.36 Å². The molecule has 2 heterocycles. The SMILES string of the molecule is Cc1ccc(C)c(-n2c(C)nnc2SCC(=O)NCc2nc3ccccc3s2)c1. The number of hydrogen-bond acceptors (Lipinski definition) is 6. The molecule has 1 amide bonds. The van der Waals surface area contributed by atoms with E-state index in [9.17, 15) is 4.79 Å². The van der Waals surface area contributed by atoms with Crippen LogP contribution in [0.2, 0.25) is 0 Å². The molecule has 2 aromatic carbocycles. The van der Waals surface area contributed by atoms with E-state index < -0.39 is 0 Å². The maximum Gasteiger partial charge on any atom is 0.230 e. The summed E-state index contributed by atoms with van der Waals surface area (Å²) in [7, 11) is 0. The highest BCUT2D eigenvalue weighted by Gasteiger charge is 2.15. The molecule has 0 aliphatic carbocycles. The van der Waals surface area contributed by atoms with Gasteiger partial charge < -0.3 is 5.32 Å². The number of nitrogens with one attached hydrogen (secondary N) is 1. The van der Waals surface area contributed by atoms with Crippen LogP contribution in [0.15, 0.2) is 47.6 Å². The molecule has 0 unspecified atom stereocenters. The van der Waals surface area contributed by atoms with Crippen molar-refractivity contribution in [2.24, 2.45) is 0 Å². The summed E-state index contributed by atoms with van der Waals surface area (Å²) < 4.78 is 3.14. The molecular formula is C21H21N5OS2. The van der Waals surface area contributed by atoms with Crippen molar-refractivity contribution in [3.8, 4) is 5.69 Å². The summed E-state index contributed by atoms with van der Waals surface area (Å²) in [4.78, 5) is 16.9. The highest BCUT2D eigenvalue weighted by molar-refractivity contribution is 7.99. The van der Waals surface area contributed by atoms with Crippen LogP contribution in [0.1, 0.15) is 22.0 Å². The fourth-order valence-corrected chi connectivity index (χ4v) is 4.75. The number of hydrogen-bond donors (Lipinski definition) is 1. The number of thioether (sulfide) groups is 1. The van der Waals surface area contributed by atoms with Crippen molar-refractivity contribution in [2.45, 2.75) is 32.5 Å². The minimum Gasteiger partial charge on any atom is -0.349 e. The number of carbonyl (C=O) groups excluding carboxylic acids is 1. The molecule has 8 heteroatoms. The summed E-state index contributed by atoms with van der Waals surface area (Å²) in [5, 5.41) is 13.0. The average molecular weight is 424 g/mol. The third-order valence-electron chi connectivity index (χ3n) is 4.51. The second-order valence-corrected chi connectivity index (χ2v) is 8.85. The summed E-state index contributed by atoms with van der Waals surface area (Å²) in [5.74, 6) is 1.02. The lowest BCUT2D eigenvalue weighted by Gasteiger charge is -2.12.